The first kappa shape index (κ1) is 24.4. The topological polar surface area (TPSA) is 85.6 Å². The Morgan fingerprint density at radius 3 is 2.44 bits per heavy atom. The third-order valence-corrected chi connectivity index (χ3v) is 7.78. The van der Waals surface area contributed by atoms with Crippen molar-refractivity contribution in [2.45, 2.75) is 46.3 Å². The van der Waals surface area contributed by atoms with E-state index in [-0.39, 0.29) is 35.5 Å². The molecule has 0 unspecified atom stereocenters. The summed E-state index contributed by atoms with van der Waals surface area (Å²) >= 11 is 6.18. The van der Waals surface area contributed by atoms with Crippen LogP contribution in [-0.2, 0) is 0 Å². The number of ether oxygens (including phenoxy) is 1. The summed E-state index contributed by atoms with van der Waals surface area (Å²) in [4.78, 5) is 15.3. The average molecular weight is 482 g/mol. The summed E-state index contributed by atoms with van der Waals surface area (Å²) in [7, 11) is 0. The van der Waals surface area contributed by atoms with Crippen LogP contribution in [0.1, 0.15) is 50.0 Å². The van der Waals surface area contributed by atoms with Gasteiger partial charge in [0.05, 0.1) is 10.6 Å². The zero-order valence-corrected chi connectivity index (χ0v) is 20.9. The lowest BCUT2D eigenvalue weighted by Crippen LogP contribution is -2.74. The highest BCUT2D eigenvalue weighted by Gasteiger charge is 2.64. The van der Waals surface area contributed by atoms with Crippen LogP contribution in [0.2, 0.25) is 5.02 Å². The minimum atomic E-state index is -0.311. The number of halogens is 1. The second-order valence-electron chi connectivity index (χ2n) is 10.6. The maximum Gasteiger partial charge on any atom is 0.251 e. The van der Waals surface area contributed by atoms with E-state index < -0.39 is 0 Å². The third-order valence-electron chi connectivity index (χ3n) is 7.47. The molecule has 4 rings (SSSR count). The summed E-state index contributed by atoms with van der Waals surface area (Å²) in [5, 5.41) is 22.1. The predicted octanol–water partition coefficient (Wildman–Crippen LogP) is 4.64. The van der Waals surface area contributed by atoms with E-state index in [9.17, 15) is 9.90 Å². The predicted molar refractivity (Wildman–Crippen MR) is 133 cm³/mol. The van der Waals surface area contributed by atoms with E-state index >= 15 is 0 Å². The number of nitrogens with zero attached hydrogens (tertiary/aromatic N) is 2. The van der Waals surface area contributed by atoms with Gasteiger partial charge in [0.2, 0.25) is 0 Å². The molecule has 0 bridgehead atoms. The van der Waals surface area contributed by atoms with Gasteiger partial charge < -0.3 is 20.1 Å². The molecule has 1 aliphatic carbocycles. The van der Waals surface area contributed by atoms with E-state index in [2.05, 4.69) is 44.0 Å². The second kappa shape index (κ2) is 9.13. The first-order chi connectivity index (χ1) is 16.1. The van der Waals surface area contributed by atoms with Crippen molar-refractivity contribution in [2.24, 2.45) is 16.7 Å². The Morgan fingerprint density at radius 1 is 1.21 bits per heavy atom. The second-order valence-corrected chi connectivity index (χ2v) is 11.0. The SMILES string of the molecule is CC1(C)C(NC(=O)c2ccc(N3CC[C@H](CO)C3)cc2)C(C)(C)C1Oc1ccc(C#N)c(Cl)c1. The number of carbonyl (C=O) groups is 1. The molecule has 7 heteroatoms. The van der Waals surface area contributed by atoms with Gasteiger partial charge in [0.25, 0.3) is 5.91 Å². The first-order valence-corrected chi connectivity index (χ1v) is 12.1. The van der Waals surface area contributed by atoms with Crippen molar-refractivity contribution in [2.75, 3.05) is 24.6 Å². The quantitative estimate of drug-likeness (QED) is 0.627. The van der Waals surface area contributed by atoms with Gasteiger partial charge in [-0.15, -0.1) is 0 Å². The molecule has 0 aromatic heterocycles. The Kier molecular flexibility index (Phi) is 6.54. The van der Waals surface area contributed by atoms with E-state index in [1.165, 1.54) is 0 Å². The maximum absolute atomic E-state index is 13.1. The number of aliphatic hydroxyl groups excluding tert-OH is 1. The highest BCUT2D eigenvalue weighted by Crippen LogP contribution is 2.55. The van der Waals surface area contributed by atoms with Gasteiger partial charge in [-0.3, -0.25) is 4.79 Å². The normalized spacial score (nSPS) is 24.7. The van der Waals surface area contributed by atoms with Crippen LogP contribution in [0.4, 0.5) is 5.69 Å². The summed E-state index contributed by atoms with van der Waals surface area (Å²) in [6.07, 6.45) is 0.842. The Labute approximate surface area is 206 Å². The number of hydrogen-bond acceptors (Lipinski definition) is 5. The molecule has 1 aliphatic heterocycles. The Hall–Kier alpha value is -2.75. The van der Waals surface area contributed by atoms with Crippen molar-refractivity contribution < 1.29 is 14.6 Å². The number of amides is 1. The van der Waals surface area contributed by atoms with Crippen LogP contribution >= 0.6 is 11.6 Å². The smallest absolute Gasteiger partial charge is 0.251 e. The highest BCUT2D eigenvalue weighted by atomic mass is 35.5. The number of anilines is 1. The highest BCUT2D eigenvalue weighted by molar-refractivity contribution is 6.31. The van der Waals surface area contributed by atoms with Crippen molar-refractivity contribution in [3.8, 4) is 11.8 Å². The molecule has 2 fully saturated rings. The van der Waals surface area contributed by atoms with Gasteiger partial charge in [-0.2, -0.15) is 5.26 Å². The molecule has 1 heterocycles. The van der Waals surface area contributed by atoms with Crippen LogP contribution in [-0.4, -0.2) is 42.9 Å². The van der Waals surface area contributed by atoms with Gasteiger partial charge in [-0.05, 0) is 42.8 Å². The van der Waals surface area contributed by atoms with Crippen LogP contribution in [0.3, 0.4) is 0 Å². The van der Waals surface area contributed by atoms with E-state index in [4.69, 9.17) is 21.6 Å². The lowest BCUT2D eigenvalue weighted by molar-refractivity contribution is -0.164. The lowest BCUT2D eigenvalue weighted by atomic mass is 9.49. The third kappa shape index (κ3) is 4.35. The molecule has 2 aromatic carbocycles. The van der Waals surface area contributed by atoms with Gasteiger partial charge >= 0.3 is 0 Å². The zero-order valence-electron chi connectivity index (χ0n) is 20.1. The van der Waals surface area contributed by atoms with Crippen LogP contribution in [0.15, 0.2) is 42.5 Å². The van der Waals surface area contributed by atoms with Crippen molar-refractivity contribution in [3.05, 3.63) is 58.6 Å². The minimum Gasteiger partial charge on any atom is -0.489 e. The molecular weight excluding hydrogens is 450 g/mol. The molecule has 2 aromatic rings. The van der Waals surface area contributed by atoms with E-state index in [0.717, 1.165) is 25.2 Å². The molecule has 2 N–H and O–H groups in total. The summed E-state index contributed by atoms with van der Waals surface area (Å²) in [5.74, 6) is 0.828. The maximum atomic E-state index is 13.1. The van der Waals surface area contributed by atoms with E-state index in [1.54, 1.807) is 18.2 Å². The van der Waals surface area contributed by atoms with Crippen LogP contribution in [0, 0.1) is 28.1 Å². The molecule has 6 nitrogen and oxygen atoms in total. The number of aliphatic hydroxyl groups is 1. The molecular formula is C27H32ClN3O3. The van der Waals surface area contributed by atoms with Gasteiger partial charge in [0.15, 0.2) is 0 Å². The molecule has 180 valence electrons. The van der Waals surface area contributed by atoms with Gasteiger partial charge in [-0.25, -0.2) is 0 Å². The largest absolute Gasteiger partial charge is 0.489 e. The standard InChI is InChI=1S/C27H32ClN3O3/c1-26(2)24(27(3,4)25(26)34-21-10-7-19(14-29)22(28)13-21)30-23(33)18-5-8-20(9-6-18)31-12-11-17(15-31)16-32/h5-10,13,17,24-25,32H,11-12,15-16H2,1-4H3,(H,30,33)/t17-,24?,25?/m0/s1. The molecule has 0 spiro atoms. The fourth-order valence-corrected chi connectivity index (χ4v) is 6.06. The van der Waals surface area contributed by atoms with Gasteiger partial charge in [0.1, 0.15) is 17.9 Å². The number of nitriles is 1. The first-order valence-electron chi connectivity index (χ1n) is 11.7. The Morgan fingerprint density at radius 2 is 1.88 bits per heavy atom. The average Bonchev–Trinajstić information content (AvgIpc) is 3.30. The van der Waals surface area contributed by atoms with Crippen molar-refractivity contribution in [3.63, 3.8) is 0 Å². The molecule has 34 heavy (non-hydrogen) atoms. The summed E-state index contributed by atoms with van der Waals surface area (Å²) < 4.78 is 6.30. The van der Waals surface area contributed by atoms with Crippen molar-refractivity contribution in [1.29, 1.82) is 5.26 Å². The summed E-state index contributed by atoms with van der Waals surface area (Å²) in [6, 6.07) is 14.7. The molecule has 1 atom stereocenters. The number of hydrogen-bond donors (Lipinski definition) is 2. The zero-order chi connectivity index (χ0) is 24.7. The fourth-order valence-electron chi connectivity index (χ4n) is 5.85. The van der Waals surface area contributed by atoms with Crippen molar-refractivity contribution in [1.82, 2.24) is 5.32 Å². The van der Waals surface area contributed by atoms with E-state index in [1.807, 2.05) is 24.3 Å². The fraction of sp³-hybridized carbons (Fsp3) is 0.481. The van der Waals surface area contributed by atoms with Crippen LogP contribution < -0.4 is 15.0 Å². The number of benzene rings is 2. The molecule has 1 saturated heterocycles. The van der Waals surface area contributed by atoms with Gasteiger partial charge in [-0.1, -0.05) is 39.3 Å². The summed E-state index contributed by atoms with van der Waals surface area (Å²) in [6.45, 7) is 10.3. The van der Waals surface area contributed by atoms with Gasteiger partial charge in [0, 0.05) is 59.8 Å². The Bertz CT molecular complexity index is 1090. The molecule has 1 amide bonds. The number of rotatable bonds is 6. The summed E-state index contributed by atoms with van der Waals surface area (Å²) in [5.41, 5.74) is 1.49. The molecule has 0 radical (unpaired) electrons. The molecule has 2 aliphatic rings. The number of carbonyl (C=O) groups excluding carboxylic acids is 1. The van der Waals surface area contributed by atoms with E-state index in [0.29, 0.717) is 27.8 Å². The monoisotopic (exact) mass is 481 g/mol. The number of nitrogens with one attached hydrogen (secondary N) is 1. The van der Waals surface area contributed by atoms with Crippen LogP contribution in [0.5, 0.6) is 5.75 Å². The Balaban J connectivity index is 1.42. The van der Waals surface area contributed by atoms with Crippen molar-refractivity contribution >= 4 is 23.2 Å². The van der Waals surface area contributed by atoms with Crippen LogP contribution in [0.25, 0.3) is 0 Å². The molecule has 1 saturated carbocycles. The minimum absolute atomic E-state index is 0.0880. The lowest BCUT2D eigenvalue weighted by Gasteiger charge is -2.63.